The van der Waals surface area contributed by atoms with Gasteiger partial charge in [-0.15, -0.1) is 6.58 Å². The van der Waals surface area contributed by atoms with Gasteiger partial charge in [0.1, 0.15) is 23.7 Å². The van der Waals surface area contributed by atoms with Crippen LogP contribution in [0.4, 0.5) is 0 Å². The van der Waals surface area contributed by atoms with Gasteiger partial charge in [-0.3, -0.25) is 9.59 Å². The molecule has 0 fully saturated rings. The molecule has 0 saturated heterocycles. The van der Waals surface area contributed by atoms with Crippen molar-refractivity contribution in [2.45, 2.75) is 45.5 Å². The third-order valence-corrected chi connectivity index (χ3v) is 3.23. The summed E-state index contributed by atoms with van der Waals surface area (Å²) >= 11 is 0. The van der Waals surface area contributed by atoms with Crippen LogP contribution < -0.4 is 9.47 Å². The zero-order valence-electron chi connectivity index (χ0n) is 14.5. The van der Waals surface area contributed by atoms with Gasteiger partial charge in [-0.2, -0.15) is 0 Å². The molecule has 0 spiro atoms. The fourth-order valence-electron chi connectivity index (χ4n) is 2.23. The molecule has 0 radical (unpaired) electrons. The highest BCUT2D eigenvalue weighted by molar-refractivity contribution is 5.67. The number of hydrogen-bond donors (Lipinski definition) is 0. The van der Waals surface area contributed by atoms with Crippen molar-refractivity contribution in [3.8, 4) is 11.5 Å². The van der Waals surface area contributed by atoms with Gasteiger partial charge in [0.15, 0.2) is 6.10 Å². The number of carbonyl (C=O) groups is 2. The maximum atomic E-state index is 11.4. The summed E-state index contributed by atoms with van der Waals surface area (Å²) in [5.41, 5.74) is 0. The maximum Gasteiger partial charge on any atom is 0.303 e. The Labute approximate surface area is 142 Å². The normalized spacial score (nSPS) is 14.0. The topological polar surface area (TPSA) is 71.1 Å². The fraction of sp³-hybridized carbons (Fsp3) is 0.444. The third kappa shape index (κ3) is 6.32. The Hall–Kier alpha value is -2.50. The predicted molar refractivity (Wildman–Crippen MR) is 89.0 cm³/mol. The van der Waals surface area contributed by atoms with Gasteiger partial charge in [0.2, 0.25) is 0 Å². The van der Waals surface area contributed by atoms with Gasteiger partial charge < -0.3 is 18.9 Å². The van der Waals surface area contributed by atoms with E-state index in [0.29, 0.717) is 17.9 Å². The van der Waals surface area contributed by atoms with Crippen molar-refractivity contribution < 1.29 is 28.5 Å². The van der Waals surface area contributed by atoms with Crippen molar-refractivity contribution in [1.82, 2.24) is 0 Å². The van der Waals surface area contributed by atoms with Crippen LogP contribution in [0.2, 0.25) is 0 Å². The Bertz CT molecular complexity index is 551. The minimum Gasteiger partial charge on any atom is -0.497 e. The van der Waals surface area contributed by atoms with Gasteiger partial charge in [0.05, 0.1) is 7.11 Å². The maximum absolute atomic E-state index is 11.4. The SMILES string of the molecule is C=CC[C@H](OC(C)=O)[C@H](OC(C)=O)[C@H](C)Oc1ccc(OC)cc1. The van der Waals surface area contributed by atoms with Crippen LogP contribution in [0.3, 0.4) is 0 Å². The largest absolute Gasteiger partial charge is 0.497 e. The summed E-state index contributed by atoms with van der Waals surface area (Å²) in [4.78, 5) is 22.7. The van der Waals surface area contributed by atoms with E-state index in [1.165, 1.54) is 13.8 Å². The molecule has 0 unspecified atom stereocenters. The van der Waals surface area contributed by atoms with Gasteiger partial charge in [-0.25, -0.2) is 0 Å². The first-order valence-electron chi connectivity index (χ1n) is 7.63. The van der Waals surface area contributed by atoms with Crippen molar-refractivity contribution in [2.75, 3.05) is 7.11 Å². The van der Waals surface area contributed by atoms with Crippen LogP contribution in [0.1, 0.15) is 27.2 Å². The lowest BCUT2D eigenvalue weighted by Crippen LogP contribution is -2.44. The number of esters is 2. The summed E-state index contributed by atoms with van der Waals surface area (Å²) in [7, 11) is 1.58. The first-order chi connectivity index (χ1) is 11.4. The zero-order valence-corrected chi connectivity index (χ0v) is 14.5. The van der Waals surface area contributed by atoms with E-state index in [0.717, 1.165) is 0 Å². The van der Waals surface area contributed by atoms with Gasteiger partial charge in [-0.05, 0) is 31.2 Å². The van der Waals surface area contributed by atoms with Gasteiger partial charge in [0.25, 0.3) is 0 Å². The summed E-state index contributed by atoms with van der Waals surface area (Å²) in [5, 5.41) is 0. The minimum atomic E-state index is -0.758. The number of carbonyl (C=O) groups excluding carboxylic acids is 2. The van der Waals surface area contributed by atoms with E-state index in [-0.39, 0.29) is 0 Å². The molecule has 6 nitrogen and oxygen atoms in total. The second-order valence-corrected chi connectivity index (χ2v) is 5.24. The van der Waals surface area contributed by atoms with Crippen molar-refractivity contribution in [3.63, 3.8) is 0 Å². The number of methoxy groups -OCH3 is 1. The number of benzene rings is 1. The monoisotopic (exact) mass is 336 g/mol. The van der Waals surface area contributed by atoms with Crippen molar-refractivity contribution in [2.24, 2.45) is 0 Å². The van der Waals surface area contributed by atoms with E-state index in [2.05, 4.69) is 6.58 Å². The Morgan fingerprint density at radius 1 is 1.08 bits per heavy atom. The van der Waals surface area contributed by atoms with Crippen LogP contribution in [-0.2, 0) is 19.1 Å². The van der Waals surface area contributed by atoms with Crippen molar-refractivity contribution in [3.05, 3.63) is 36.9 Å². The number of hydrogen-bond acceptors (Lipinski definition) is 6. The summed E-state index contributed by atoms with van der Waals surface area (Å²) < 4.78 is 21.5. The molecule has 1 aromatic rings. The first-order valence-corrected chi connectivity index (χ1v) is 7.63. The van der Waals surface area contributed by atoms with Crippen LogP contribution >= 0.6 is 0 Å². The lowest BCUT2D eigenvalue weighted by Gasteiger charge is -2.30. The molecule has 1 rings (SSSR count). The van der Waals surface area contributed by atoms with Crippen LogP contribution in [0, 0.1) is 0 Å². The van der Waals surface area contributed by atoms with Gasteiger partial charge in [0, 0.05) is 20.3 Å². The molecule has 0 heterocycles. The molecule has 0 amide bonds. The second-order valence-electron chi connectivity index (χ2n) is 5.24. The molecule has 0 N–H and O–H groups in total. The first kappa shape index (κ1) is 19.5. The Kier molecular flexibility index (Phi) is 7.82. The highest BCUT2D eigenvalue weighted by Crippen LogP contribution is 2.22. The Morgan fingerprint density at radius 3 is 2.08 bits per heavy atom. The molecule has 0 aliphatic heterocycles. The molecule has 6 heteroatoms. The smallest absolute Gasteiger partial charge is 0.303 e. The van der Waals surface area contributed by atoms with Crippen molar-refractivity contribution in [1.29, 1.82) is 0 Å². The van der Waals surface area contributed by atoms with Crippen LogP contribution in [0.25, 0.3) is 0 Å². The molecule has 24 heavy (non-hydrogen) atoms. The van der Waals surface area contributed by atoms with E-state index in [4.69, 9.17) is 18.9 Å². The van der Waals surface area contributed by atoms with Crippen LogP contribution in [0.15, 0.2) is 36.9 Å². The molecule has 0 aromatic heterocycles. The van der Waals surface area contributed by atoms with E-state index in [1.807, 2.05) is 0 Å². The Balaban J connectivity index is 2.92. The van der Waals surface area contributed by atoms with Crippen molar-refractivity contribution >= 4 is 11.9 Å². The minimum absolute atomic E-state index is 0.341. The molecule has 0 bridgehead atoms. The molecule has 0 saturated carbocycles. The third-order valence-electron chi connectivity index (χ3n) is 3.23. The van der Waals surface area contributed by atoms with Crippen LogP contribution in [-0.4, -0.2) is 37.4 Å². The summed E-state index contributed by atoms with van der Waals surface area (Å²) in [6.07, 6.45) is -0.0202. The van der Waals surface area contributed by atoms with E-state index < -0.39 is 30.3 Å². The van der Waals surface area contributed by atoms with E-state index >= 15 is 0 Å². The summed E-state index contributed by atoms with van der Waals surface area (Å²) in [6.45, 7) is 7.99. The van der Waals surface area contributed by atoms with Crippen LogP contribution in [0.5, 0.6) is 11.5 Å². The predicted octanol–water partition coefficient (Wildman–Crippen LogP) is 2.90. The average molecular weight is 336 g/mol. The second kappa shape index (κ2) is 9.60. The number of ether oxygens (including phenoxy) is 4. The molecular weight excluding hydrogens is 312 g/mol. The molecular formula is C18H24O6. The standard InChI is InChI=1S/C18H24O6/c1-6-7-17(23-13(3)19)18(24-14(4)20)12(2)22-16-10-8-15(21-5)9-11-16/h6,8-12,17-18H,1,7H2,2-5H3/t12-,17-,18+/m0/s1. The molecule has 1 aromatic carbocycles. The lowest BCUT2D eigenvalue weighted by atomic mass is 10.1. The zero-order chi connectivity index (χ0) is 18.1. The lowest BCUT2D eigenvalue weighted by molar-refractivity contribution is -0.172. The van der Waals surface area contributed by atoms with Gasteiger partial charge in [-0.1, -0.05) is 6.08 Å². The highest BCUT2D eigenvalue weighted by Gasteiger charge is 2.33. The quantitative estimate of drug-likeness (QED) is 0.510. The fourth-order valence-corrected chi connectivity index (χ4v) is 2.23. The van der Waals surface area contributed by atoms with E-state index in [1.54, 1.807) is 44.4 Å². The van der Waals surface area contributed by atoms with E-state index in [9.17, 15) is 9.59 Å². The molecule has 0 aliphatic carbocycles. The molecule has 132 valence electrons. The van der Waals surface area contributed by atoms with Gasteiger partial charge >= 0.3 is 11.9 Å². The Morgan fingerprint density at radius 2 is 1.62 bits per heavy atom. The number of rotatable bonds is 9. The highest BCUT2D eigenvalue weighted by atomic mass is 16.6. The average Bonchev–Trinajstić information content (AvgIpc) is 2.52. The molecule has 0 aliphatic rings. The summed E-state index contributed by atoms with van der Waals surface area (Å²) in [5.74, 6) is 0.346. The molecule has 3 atom stereocenters. The summed E-state index contributed by atoms with van der Waals surface area (Å²) in [6, 6.07) is 7.01.